The number of nitrogens with two attached hydrogens (primary N) is 1. The molecule has 0 aliphatic rings. The maximum absolute atomic E-state index is 13.3. The molecule has 1 rings (SSSR count). The van der Waals surface area contributed by atoms with Crippen molar-refractivity contribution in [1.82, 2.24) is 0 Å². The summed E-state index contributed by atoms with van der Waals surface area (Å²) in [6.07, 6.45) is 0. The number of halogens is 2. The summed E-state index contributed by atoms with van der Waals surface area (Å²) in [5.74, 6) is -0.416. The molecule has 0 heterocycles. The van der Waals surface area contributed by atoms with Crippen molar-refractivity contribution >= 4 is 29.1 Å². The summed E-state index contributed by atoms with van der Waals surface area (Å²) in [6.45, 7) is 5.14. The van der Waals surface area contributed by atoms with Crippen molar-refractivity contribution in [2.24, 2.45) is 0 Å². The summed E-state index contributed by atoms with van der Waals surface area (Å²) in [4.78, 5) is 0.528. The number of hydrogen-bond donors (Lipinski definition) is 1. The van der Waals surface area contributed by atoms with E-state index < -0.39 is 5.82 Å². The molecule has 0 fully saturated rings. The van der Waals surface area contributed by atoms with Crippen molar-refractivity contribution in [3.05, 3.63) is 34.5 Å². The summed E-state index contributed by atoms with van der Waals surface area (Å²) >= 11 is 6.98. The summed E-state index contributed by atoms with van der Waals surface area (Å²) in [5, 5.41) is 1.63. The lowest BCUT2D eigenvalue weighted by molar-refractivity contribution is 0.616. The molecule has 0 saturated heterocycles. The van der Waals surface area contributed by atoms with Crippen molar-refractivity contribution < 1.29 is 4.39 Å². The van der Waals surface area contributed by atoms with Crippen LogP contribution in [0.5, 0.6) is 0 Å². The SMILES string of the molecule is C=CSc1c(N)cc(C)c(F)c1Cl. The Hall–Kier alpha value is -0.670. The highest BCUT2D eigenvalue weighted by Crippen LogP contribution is 2.36. The molecule has 1 aromatic carbocycles. The monoisotopic (exact) mass is 217 g/mol. The third-order valence-electron chi connectivity index (χ3n) is 1.57. The minimum absolute atomic E-state index is 0.0717. The lowest BCUT2D eigenvalue weighted by Gasteiger charge is -2.07. The number of anilines is 1. The number of thioether (sulfide) groups is 1. The summed E-state index contributed by atoms with van der Waals surface area (Å²) in [5.41, 5.74) is 6.59. The molecule has 0 bridgehead atoms. The van der Waals surface area contributed by atoms with Gasteiger partial charge in [-0.2, -0.15) is 0 Å². The van der Waals surface area contributed by atoms with Gasteiger partial charge in [-0.1, -0.05) is 29.9 Å². The van der Waals surface area contributed by atoms with Gasteiger partial charge in [-0.05, 0) is 24.0 Å². The largest absolute Gasteiger partial charge is 0.398 e. The van der Waals surface area contributed by atoms with Gasteiger partial charge in [0.1, 0.15) is 5.82 Å². The molecule has 1 aromatic rings. The lowest BCUT2D eigenvalue weighted by Crippen LogP contribution is -1.94. The van der Waals surface area contributed by atoms with Crippen molar-refractivity contribution in [3.8, 4) is 0 Å². The highest BCUT2D eigenvalue weighted by atomic mass is 35.5. The molecule has 4 heteroatoms. The molecule has 0 aliphatic carbocycles. The molecule has 0 aliphatic heterocycles. The van der Waals surface area contributed by atoms with Gasteiger partial charge in [-0.15, -0.1) is 0 Å². The first-order valence-electron chi connectivity index (χ1n) is 3.59. The Morgan fingerprint density at radius 2 is 2.31 bits per heavy atom. The maximum atomic E-state index is 13.3. The Kier molecular flexibility index (Phi) is 3.22. The van der Waals surface area contributed by atoms with Crippen molar-refractivity contribution in [2.45, 2.75) is 11.8 Å². The lowest BCUT2D eigenvalue weighted by atomic mass is 10.2. The van der Waals surface area contributed by atoms with E-state index in [0.29, 0.717) is 16.1 Å². The Balaban J connectivity index is 3.34. The minimum atomic E-state index is -0.416. The molecular weight excluding hydrogens is 209 g/mol. The topological polar surface area (TPSA) is 26.0 Å². The third kappa shape index (κ3) is 1.98. The van der Waals surface area contributed by atoms with E-state index in [1.54, 1.807) is 18.4 Å². The predicted molar refractivity (Wildman–Crippen MR) is 56.6 cm³/mol. The van der Waals surface area contributed by atoms with Crippen molar-refractivity contribution in [2.75, 3.05) is 5.73 Å². The zero-order valence-electron chi connectivity index (χ0n) is 7.10. The van der Waals surface area contributed by atoms with Crippen LogP contribution in [-0.2, 0) is 0 Å². The van der Waals surface area contributed by atoms with Gasteiger partial charge < -0.3 is 5.73 Å². The fourth-order valence-corrected chi connectivity index (χ4v) is 1.91. The van der Waals surface area contributed by atoms with Gasteiger partial charge in [-0.25, -0.2) is 4.39 Å². The average Bonchev–Trinajstić information content (AvgIpc) is 2.09. The average molecular weight is 218 g/mol. The smallest absolute Gasteiger partial charge is 0.146 e. The number of benzene rings is 1. The fourth-order valence-electron chi connectivity index (χ4n) is 0.965. The molecule has 70 valence electrons. The Morgan fingerprint density at radius 3 is 2.85 bits per heavy atom. The van der Waals surface area contributed by atoms with E-state index in [4.69, 9.17) is 17.3 Å². The molecule has 0 saturated carbocycles. The van der Waals surface area contributed by atoms with Crippen LogP contribution in [0.4, 0.5) is 10.1 Å². The zero-order chi connectivity index (χ0) is 10.0. The molecule has 0 spiro atoms. The van der Waals surface area contributed by atoms with Gasteiger partial charge in [-0.3, -0.25) is 0 Å². The molecule has 13 heavy (non-hydrogen) atoms. The van der Waals surface area contributed by atoms with E-state index in [0.717, 1.165) is 0 Å². The van der Waals surface area contributed by atoms with Crippen LogP contribution in [0.1, 0.15) is 5.56 Å². The van der Waals surface area contributed by atoms with E-state index in [9.17, 15) is 4.39 Å². The van der Waals surface area contributed by atoms with Gasteiger partial charge in [0.05, 0.1) is 9.92 Å². The van der Waals surface area contributed by atoms with E-state index in [1.165, 1.54) is 11.8 Å². The summed E-state index contributed by atoms with van der Waals surface area (Å²) in [6, 6.07) is 1.56. The second kappa shape index (κ2) is 4.03. The molecule has 0 amide bonds. The van der Waals surface area contributed by atoms with E-state index in [1.807, 2.05) is 0 Å². The van der Waals surface area contributed by atoms with Crippen LogP contribution in [0.2, 0.25) is 5.02 Å². The molecule has 0 radical (unpaired) electrons. The van der Waals surface area contributed by atoms with Gasteiger partial charge >= 0.3 is 0 Å². The molecule has 0 atom stereocenters. The maximum Gasteiger partial charge on any atom is 0.146 e. The number of rotatable bonds is 2. The molecule has 0 unspecified atom stereocenters. The third-order valence-corrected chi connectivity index (χ3v) is 2.88. The van der Waals surface area contributed by atoms with Crippen LogP contribution in [0, 0.1) is 12.7 Å². The highest BCUT2D eigenvalue weighted by molar-refractivity contribution is 8.02. The van der Waals surface area contributed by atoms with Crippen molar-refractivity contribution in [1.29, 1.82) is 0 Å². The second-order valence-electron chi connectivity index (χ2n) is 2.52. The first-order chi connectivity index (χ1) is 6.07. The first kappa shape index (κ1) is 10.4. The van der Waals surface area contributed by atoms with Crippen LogP contribution in [0.3, 0.4) is 0 Å². The van der Waals surface area contributed by atoms with Crippen LogP contribution >= 0.6 is 23.4 Å². The van der Waals surface area contributed by atoms with Gasteiger partial charge in [0.25, 0.3) is 0 Å². The highest BCUT2D eigenvalue weighted by Gasteiger charge is 2.12. The van der Waals surface area contributed by atoms with Crippen LogP contribution < -0.4 is 5.73 Å². The Morgan fingerprint density at radius 1 is 1.69 bits per heavy atom. The quantitative estimate of drug-likeness (QED) is 0.605. The molecule has 2 N–H and O–H groups in total. The number of nitrogen functional groups attached to an aromatic ring is 1. The van der Waals surface area contributed by atoms with E-state index in [2.05, 4.69) is 6.58 Å². The van der Waals surface area contributed by atoms with Crippen LogP contribution in [0.15, 0.2) is 22.9 Å². The van der Waals surface area contributed by atoms with Crippen molar-refractivity contribution in [3.63, 3.8) is 0 Å². The van der Waals surface area contributed by atoms with E-state index >= 15 is 0 Å². The van der Waals surface area contributed by atoms with Crippen LogP contribution in [0.25, 0.3) is 0 Å². The molecule has 0 aromatic heterocycles. The second-order valence-corrected chi connectivity index (χ2v) is 3.88. The van der Waals surface area contributed by atoms with Crippen LogP contribution in [-0.4, -0.2) is 0 Å². The standard InChI is InChI=1S/C9H9ClFNS/c1-3-13-9-6(12)4-5(2)8(11)7(9)10/h3-4H,1,12H2,2H3. The number of aryl methyl sites for hydroxylation is 1. The number of hydrogen-bond acceptors (Lipinski definition) is 2. The zero-order valence-corrected chi connectivity index (χ0v) is 8.68. The molecule has 1 nitrogen and oxygen atoms in total. The first-order valence-corrected chi connectivity index (χ1v) is 4.85. The van der Waals surface area contributed by atoms with Gasteiger partial charge in [0.15, 0.2) is 0 Å². The van der Waals surface area contributed by atoms with Gasteiger partial charge in [0.2, 0.25) is 0 Å². The predicted octanol–water partition coefficient (Wildman–Crippen LogP) is 3.61. The molecular formula is C9H9ClFNS. The Bertz CT molecular complexity index is 352. The minimum Gasteiger partial charge on any atom is -0.398 e. The fraction of sp³-hybridized carbons (Fsp3) is 0.111. The summed E-state index contributed by atoms with van der Waals surface area (Å²) in [7, 11) is 0. The summed E-state index contributed by atoms with van der Waals surface area (Å²) < 4.78 is 13.3. The van der Waals surface area contributed by atoms with Gasteiger partial charge in [0, 0.05) is 5.69 Å². The normalized spacial score (nSPS) is 10.1. The Labute approximate surface area is 85.8 Å². The van der Waals surface area contributed by atoms with E-state index in [-0.39, 0.29) is 5.02 Å².